The second-order valence-corrected chi connectivity index (χ2v) is 15.8. The van der Waals surface area contributed by atoms with E-state index in [9.17, 15) is 5.26 Å². The van der Waals surface area contributed by atoms with Gasteiger partial charge in [-0.2, -0.15) is 5.26 Å². The highest BCUT2D eigenvalue weighted by atomic mass is 14.9. The number of nitrogens with zero attached hydrogens (tertiary/aromatic N) is 3. The number of aromatic nitrogens is 2. The molecule has 0 unspecified atom stereocenters. The smallest absolute Gasteiger partial charge is 0.102 e. The normalized spacial score (nSPS) is 15.7. The number of allylic oxidation sites excluding steroid dienone is 4. The minimum atomic E-state index is -0.128. The van der Waals surface area contributed by atoms with Gasteiger partial charge in [-0.25, -0.2) is 0 Å². The van der Waals surface area contributed by atoms with Crippen LogP contribution in [0.3, 0.4) is 0 Å². The van der Waals surface area contributed by atoms with Gasteiger partial charge in [0, 0.05) is 18.0 Å². The van der Waals surface area contributed by atoms with E-state index >= 15 is 0 Å². The number of nitriles is 1. The van der Waals surface area contributed by atoms with Gasteiger partial charge in [0.1, 0.15) is 6.07 Å². The summed E-state index contributed by atoms with van der Waals surface area (Å²) in [5.41, 5.74) is 10.4. The van der Waals surface area contributed by atoms with E-state index in [4.69, 9.17) is 9.97 Å². The van der Waals surface area contributed by atoms with Crippen LogP contribution >= 0.6 is 0 Å². The second kappa shape index (κ2) is 11.3. The number of hydrogen-bond acceptors (Lipinski definition) is 4. The zero-order valence-electron chi connectivity index (χ0n) is 28.2. The van der Waals surface area contributed by atoms with Crippen molar-refractivity contribution in [3.63, 3.8) is 0 Å². The molecule has 0 saturated heterocycles. The zero-order chi connectivity index (χ0) is 32.0. The molecule has 0 spiro atoms. The van der Waals surface area contributed by atoms with Gasteiger partial charge in [-0.05, 0) is 104 Å². The van der Waals surface area contributed by atoms with Crippen LogP contribution in [0.1, 0.15) is 111 Å². The van der Waals surface area contributed by atoms with Crippen molar-refractivity contribution in [1.82, 2.24) is 15.3 Å². The topological polar surface area (TPSA) is 61.6 Å². The van der Waals surface area contributed by atoms with E-state index in [0.29, 0.717) is 5.57 Å². The Morgan fingerprint density at radius 2 is 1.16 bits per heavy atom. The molecule has 4 heteroatoms. The Morgan fingerprint density at radius 3 is 1.67 bits per heavy atom. The van der Waals surface area contributed by atoms with Crippen LogP contribution in [0.25, 0.3) is 22.5 Å². The lowest BCUT2D eigenvalue weighted by Crippen LogP contribution is -2.22. The summed E-state index contributed by atoms with van der Waals surface area (Å²) in [7, 11) is 0. The van der Waals surface area contributed by atoms with Crippen LogP contribution in [0.2, 0.25) is 0 Å². The maximum absolute atomic E-state index is 10.7. The van der Waals surface area contributed by atoms with Gasteiger partial charge in [-0.3, -0.25) is 9.97 Å². The Bertz CT molecular complexity index is 1660. The summed E-state index contributed by atoms with van der Waals surface area (Å²) in [6.45, 7) is 26.5. The maximum Gasteiger partial charge on any atom is 0.102 e. The standard InChI is InChI=1S/C39H48N4/c1-36(2,3)27-13-15-41-32(20-27)26-17-25(18-29(19-26)38(7,8)9)31(24-40)33-22-30(39(10,11)12)23-35(43-33)34-21-28(14-16-42-34)37(4,5)6/h13-23,43H,1-12H3/b33-31-. The lowest BCUT2D eigenvalue weighted by molar-refractivity contribution is 0.515. The Morgan fingerprint density at radius 1 is 0.628 bits per heavy atom. The minimum absolute atomic E-state index is 0.00316. The monoisotopic (exact) mass is 572 g/mol. The van der Waals surface area contributed by atoms with Gasteiger partial charge in [0.25, 0.3) is 0 Å². The number of nitrogens with one attached hydrogen (secondary N) is 1. The molecule has 4 rings (SSSR count). The maximum atomic E-state index is 10.7. The van der Waals surface area contributed by atoms with E-state index in [2.05, 4.69) is 149 Å². The molecule has 0 bridgehead atoms. The molecule has 0 atom stereocenters. The Kier molecular flexibility index (Phi) is 8.37. The molecule has 3 aromatic rings. The molecule has 4 nitrogen and oxygen atoms in total. The summed E-state index contributed by atoms with van der Waals surface area (Å²) < 4.78 is 0. The molecule has 3 heterocycles. The van der Waals surface area contributed by atoms with E-state index in [0.717, 1.165) is 45.0 Å². The molecule has 1 aliphatic heterocycles. The third kappa shape index (κ3) is 7.34. The van der Waals surface area contributed by atoms with E-state index in [1.54, 1.807) is 0 Å². The van der Waals surface area contributed by atoms with Crippen molar-refractivity contribution in [2.75, 3.05) is 0 Å². The molecule has 1 N–H and O–H groups in total. The summed E-state index contributed by atoms with van der Waals surface area (Å²) in [6, 6.07) is 17.5. The van der Waals surface area contributed by atoms with Gasteiger partial charge >= 0.3 is 0 Å². The lowest BCUT2D eigenvalue weighted by Gasteiger charge is -2.28. The number of hydrogen-bond donors (Lipinski definition) is 1. The Balaban J connectivity index is 1.94. The van der Waals surface area contributed by atoms with Crippen molar-refractivity contribution in [2.45, 2.75) is 99.3 Å². The quantitative estimate of drug-likeness (QED) is 0.317. The fraction of sp³-hybridized carbons (Fsp3) is 0.410. The number of rotatable bonds is 3. The molecule has 0 fully saturated rings. The van der Waals surface area contributed by atoms with Gasteiger partial charge in [-0.1, -0.05) is 83.1 Å². The van der Waals surface area contributed by atoms with Gasteiger partial charge < -0.3 is 5.32 Å². The van der Waals surface area contributed by atoms with E-state index in [1.807, 2.05) is 12.4 Å². The fourth-order valence-electron chi connectivity index (χ4n) is 5.01. The van der Waals surface area contributed by atoms with Crippen LogP contribution < -0.4 is 5.32 Å². The van der Waals surface area contributed by atoms with Crippen LogP contribution in [0.4, 0.5) is 0 Å². The molecule has 0 radical (unpaired) electrons. The molecule has 224 valence electrons. The van der Waals surface area contributed by atoms with Gasteiger partial charge in [-0.15, -0.1) is 0 Å². The number of pyridine rings is 2. The van der Waals surface area contributed by atoms with Crippen molar-refractivity contribution >= 4 is 11.3 Å². The van der Waals surface area contributed by atoms with Crippen LogP contribution in [-0.4, -0.2) is 9.97 Å². The highest BCUT2D eigenvalue weighted by Gasteiger charge is 2.25. The largest absolute Gasteiger partial charge is 0.353 e. The van der Waals surface area contributed by atoms with Gasteiger partial charge in [0.05, 0.1) is 28.4 Å². The molecule has 0 saturated carbocycles. The first-order valence-electron chi connectivity index (χ1n) is 15.2. The van der Waals surface area contributed by atoms with E-state index in [-0.39, 0.29) is 21.7 Å². The number of dihydropyridines is 1. The SMILES string of the molecule is CC(C)(C)C1=C/C(=C(\C#N)c2cc(-c3cc(C(C)(C)C)ccn3)cc(C(C)(C)C)c2)NC(c2cc(C(C)(C)C)ccn2)=C1. The van der Waals surface area contributed by atoms with Crippen molar-refractivity contribution in [3.8, 4) is 17.3 Å². The molecule has 0 amide bonds. The second-order valence-electron chi connectivity index (χ2n) is 15.8. The zero-order valence-corrected chi connectivity index (χ0v) is 28.2. The third-order valence-electron chi connectivity index (χ3n) is 8.03. The van der Waals surface area contributed by atoms with Gasteiger partial charge in [0.15, 0.2) is 0 Å². The number of benzene rings is 1. The first-order chi connectivity index (χ1) is 19.8. The van der Waals surface area contributed by atoms with Crippen molar-refractivity contribution in [2.24, 2.45) is 5.41 Å². The minimum Gasteiger partial charge on any atom is -0.353 e. The van der Waals surface area contributed by atoms with Crippen LogP contribution in [-0.2, 0) is 16.2 Å². The highest BCUT2D eigenvalue weighted by Crippen LogP contribution is 2.37. The molecule has 2 aromatic heterocycles. The average Bonchev–Trinajstić information content (AvgIpc) is 2.91. The predicted molar refractivity (Wildman–Crippen MR) is 181 cm³/mol. The molecule has 1 aliphatic rings. The lowest BCUT2D eigenvalue weighted by atomic mass is 9.81. The van der Waals surface area contributed by atoms with Gasteiger partial charge in [0.2, 0.25) is 0 Å². The van der Waals surface area contributed by atoms with Crippen molar-refractivity contribution in [1.29, 1.82) is 5.26 Å². The summed E-state index contributed by atoms with van der Waals surface area (Å²) in [5.74, 6) is 0. The van der Waals surface area contributed by atoms with Crippen molar-refractivity contribution < 1.29 is 0 Å². The first-order valence-corrected chi connectivity index (χ1v) is 15.2. The van der Waals surface area contributed by atoms with Crippen LogP contribution in [0.5, 0.6) is 0 Å². The Hall–Kier alpha value is -3.97. The summed E-state index contributed by atoms with van der Waals surface area (Å²) >= 11 is 0. The fourth-order valence-corrected chi connectivity index (χ4v) is 5.01. The summed E-state index contributed by atoms with van der Waals surface area (Å²) in [4.78, 5) is 9.51. The van der Waals surface area contributed by atoms with Crippen LogP contribution in [0, 0.1) is 16.7 Å². The van der Waals surface area contributed by atoms with Crippen LogP contribution in [0.15, 0.2) is 78.3 Å². The summed E-state index contributed by atoms with van der Waals surface area (Å²) in [5, 5.41) is 14.3. The predicted octanol–water partition coefficient (Wildman–Crippen LogP) is 9.89. The van der Waals surface area contributed by atoms with E-state index < -0.39 is 0 Å². The molecular formula is C39H48N4. The molecule has 0 aliphatic carbocycles. The molecule has 43 heavy (non-hydrogen) atoms. The third-order valence-corrected chi connectivity index (χ3v) is 8.03. The Labute approximate surface area is 259 Å². The first kappa shape index (κ1) is 32.0. The molecular weight excluding hydrogens is 524 g/mol. The van der Waals surface area contributed by atoms with Crippen molar-refractivity contribution in [3.05, 3.63) is 106 Å². The average molecular weight is 573 g/mol. The molecule has 1 aromatic carbocycles. The highest BCUT2D eigenvalue weighted by molar-refractivity contribution is 5.86. The van der Waals surface area contributed by atoms with E-state index in [1.165, 1.54) is 11.1 Å². The summed E-state index contributed by atoms with van der Waals surface area (Å²) in [6.07, 6.45) is 8.06.